The molecule has 0 saturated carbocycles. The summed E-state index contributed by atoms with van der Waals surface area (Å²) in [6.07, 6.45) is 13.4. The number of rotatable bonds is 17. The third kappa shape index (κ3) is 14.1. The molecule has 0 unspecified atom stereocenters. The van der Waals surface area contributed by atoms with E-state index in [0.717, 1.165) is 51.4 Å². The zero-order chi connectivity index (χ0) is 18.9. The second-order valence-electron chi connectivity index (χ2n) is 6.91. The molecule has 148 valence electrons. The van der Waals surface area contributed by atoms with E-state index in [-0.39, 0.29) is 6.61 Å². The average molecular weight is 358 g/mol. The summed E-state index contributed by atoms with van der Waals surface area (Å²) < 4.78 is 0. The molecule has 0 rings (SSSR count). The molecule has 0 aromatic carbocycles. The summed E-state index contributed by atoms with van der Waals surface area (Å²) in [5, 5.41) is 28.2. The van der Waals surface area contributed by atoms with Gasteiger partial charge in [-0.05, 0) is 32.1 Å². The van der Waals surface area contributed by atoms with Crippen molar-refractivity contribution in [2.75, 3.05) is 6.61 Å². The second kappa shape index (κ2) is 16.7. The molecule has 0 aliphatic rings. The number of carbonyl (C=O) groups excluding carboxylic acids is 1. The van der Waals surface area contributed by atoms with Gasteiger partial charge in [0.1, 0.15) is 5.78 Å². The highest BCUT2D eigenvalue weighted by Gasteiger charge is 2.21. The number of nitrogens with two attached hydrogens (primary N) is 1. The molecule has 0 aliphatic heterocycles. The van der Waals surface area contributed by atoms with Gasteiger partial charge in [0.25, 0.3) is 0 Å². The quantitative estimate of drug-likeness (QED) is 0.237. The number of allylic oxidation sites excluding steroid dienone is 1. The van der Waals surface area contributed by atoms with Gasteiger partial charge in [-0.2, -0.15) is 0 Å². The van der Waals surface area contributed by atoms with E-state index < -0.39 is 18.2 Å². The van der Waals surface area contributed by atoms with E-state index in [4.69, 9.17) is 10.8 Å². The molecule has 5 heteroatoms. The van der Waals surface area contributed by atoms with Crippen molar-refractivity contribution in [2.45, 2.75) is 102 Å². The Morgan fingerprint density at radius 1 is 0.960 bits per heavy atom. The number of aliphatic hydroxyl groups is 3. The van der Waals surface area contributed by atoms with Gasteiger partial charge in [-0.1, -0.05) is 51.2 Å². The molecule has 25 heavy (non-hydrogen) atoms. The van der Waals surface area contributed by atoms with E-state index in [1.54, 1.807) is 0 Å². The Morgan fingerprint density at radius 2 is 1.56 bits per heavy atom. The number of ketones is 1. The fourth-order valence-corrected chi connectivity index (χ4v) is 2.70. The standard InChI is InChI=1S/C20H39NO4/c1-2-3-4-10-13-17(23)14-11-8-6-5-7-9-12-15-19(24)20(25)18(21)16-22/h9,12,18-20,22,24-25H,2-8,10-11,13-16,21H2,1H3/b12-9+/t18-,19+,20+/m0/s1. The van der Waals surface area contributed by atoms with Gasteiger partial charge in [-0.15, -0.1) is 0 Å². The van der Waals surface area contributed by atoms with Gasteiger partial charge in [-0.25, -0.2) is 0 Å². The highest BCUT2D eigenvalue weighted by atomic mass is 16.3. The maximum absolute atomic E-state index is 11.7. The SMILES string of the molecule is CCCCCCC(=O)CCCCCC/C=C/C[C@@H](O)[C@H](O)[C@@H](N)CO. The number of aliphatic hydroxyl groups excluding tert-OH is 3. The molecular weight excluding hydrogens is 318 g/mol. The van der Waals surface area contributed by atoms with Crippen LogP contribution < -0.4 is 5.73 Å². The Morgan fingerprint density at radius 3 is 2.16 bits per heavy atom. The van der Waals surface area contributed by atoms with Gasteiger partial charge in [0.15, 0.2) is 0 Å². The van der Waals surface area contributed by atoms with Crippen molar-refractivity contribution in [1.29, 1.82) is 0 Å². The Kier molecular flexibility index (Phi) is 16.2. The largest absolute Gasteiger partial charge is 0.395 e. The summed E-state index contributed by atoms with van der Waals surface area (Å²) in [4.78, 5) is 11.7. The normalized spacial score (nSPS) is 15.4. The molecule has 0 bridgehead atoms. The Balaban J connectivity index is 3.50. The first-order valence-electron chi connectivity index (χ1n) is 9.92. The van der Waals surface area contributed by atoms with Crippen LogP contribution in [-0.2, 0) is 4.79 Å². The van der Waals surface area contributed by atoms with E-state index in [2.05, 4.69) is 6.92 Å². The van der Waals surface area contributed by atoms with E-state index in [9.17, 15) is 15.0 Å². The Labute approximate surface area is 153 Å². The molecule has 0 aliphatic carbocycles. The zero-order valence-corrected chi connectivity index (χ0v) is 15.9. The number of hydrogen-bond donors (Lipinski definition) is 4. The molecule has 0 amide bonds. The minimum Gasteiger partial charge on any atom is -0.395 e. The van der Waals surface area contributed by atoms with Crippen LogP contribution >= 0.6 is 0 Å². The van der Waals surface area contributed by atoms with Gasteiger partial charge < -0.3 is 21.1 Å². The highest BCUT2D eigenvalue weighted by molar-refractivity contribution is 5.78. The summed E-state index contributed by atoms with van der Waals surface area (Å²) in [7, 11) is 0. The lowest BCUT2D eigenvalue weighted by Gasteiger charge is -2.21. The number of carbonyl (C=O) groups is 1. The van der Waals surface area contributed by atoms with Gasteiger partial charge in [0.05, 0.1) is 24.9 Å². The van der Waals surface area contributed by atoms with Crippen LogP contribution in [0.15, 0.2) is 12.2 Å². The number of Topliss-reactive ketones (excluding diaryl/α,β-unsaturated/α-hetero) is 1. The number of hydrogen-bond acceptors (Lipinski definition) is 5. The fraction of sp³-hybridized carbons (Fsp3) is 0.850. The van der Waals surface area contributed by atoms with Crippen LogP contribution in [0, 0.1) is 0 Å². The van der Waals surface area contributed by atoms with E-state index in [0.29, 0.717) is 12.2 Å². The van der Waals surface area contributed by atoms with Crippen LogP contribution in [0.3, 0.4) is 0 Å². The summed E-state index contributed by atoms with van der Waals surface area (Å²) in [6, 6.07) is -0.808. The van der Waals surface area contributed by atoms with Gasteiger partial charge in [-0.3, -0.25) is 4.79 Å². The van der Waals surface area contributed by atoms with Crippen molar-refractivity contribution in [2.24, 2.45) is 5.73 Å². The Bertz CT molecular complexity index is 347. The first-order chi connectivity index (χ1) is 12.0. The van der Waals surface area contributed by atoms with E-state index >= 15 is 0 Å². The van der Waals surface area contributed by atoms with Crippen LogP contribution in [0.4, 0.5) is 0 Å². The topological polar surface area (TPSA) is 104 Å². The first kappa shape index (κ1) is 24.2. The molecule has 5 nitrogen and oxygen atoms in total. The molecule has 0 spiro atoms. The van der Waals surface area contributed by atoms with Crippen LogP contribution in [0.5, 0.6) is 0 Å². The lowest BCUT2D eigenvalue weighted by Crippen LogP contribution is -2.45. The van der Waals surface area contributed by atoms with Crippen LogP contribution in [0.25, 0.3) is 0 Å². The lowest BCUT2D eigenvalue weighted by atomic mass is 10.0. The van der Waals surface area contributed by atoms with Crippen molar-refractivity contribution in [3.8, 4) is 0 Å². The minimum atomic E-state index is -1.10. The second-order valence-corrected chi connectivity index (χ2v) is 6.91. The molecule has 0 saturated heterocycles. The van der Waals surface area contributed by atoms with Crippen molar-refractivity contribution in [1.82, 2.24) is 0 Å². The Hall–Kier alpha value is -0.750. The first-order valence-corrected chi connectivity index (χ1v) is 9.92. The maximum atomic E-state index is 11.7. The molecule has 3 atom stereocenters. The highest BCUT2D eigenvalue weighted by Crippen LogP contribution is 2.10. The van der Waals surface area contributed by atoms with Gasteiger partial charge >= 0.3 is 0 Å². The molecule has 0 aromatic rings. The smallest absolute Gasteiger partial charge is 0.132 e. The third-order valence-electron chi connectivity index (χ3n) is 4.47. The molecule has 0 aromatic heterocycles. The molecule has 0 heterocycles. The molecule has 5 N–H and O–H groups in total. The van der Waals surface area contributed by atoms with Crippen molar-refractivity contribution in [3.05, 3.63) is 12.2 Å². The van der Waals surface area contributed by atoms with Crippen LogP contribution in [-0.4, -0.2) is 46.0 Å². The maximum Gasteiger partial charge on any atom is 0.132 e. The predicted molar refractivity (Wildman–Crippen MR) is 102 cm³/mol. The van der Waals surface area contributed by atoms with Crippen molar-refractivity contribution < 1.29 is 20.1 Å². The molecular formula is C20H39NO4. The fourth-order valence-electron chi connectivity index (χ4n) is 2.70. The minimum absolute atomic E-state index is 0.335. The third-order valence-corrected chi connectivity index (χ3v) is 4.47. The number of unbranched alkanes of at least 4 members (excludes halogenated alkanes) is 7. The lowest BCUT2D eigenvalue weighted by molar-refractivity contribution is -0.119. The molecule has 0 radical (unpaired) electrons. The van der Waals surface area contributed by atoms with Gasteiger partial charge in [0.2, 0.25) is 0 Å². The monoisotopic (exact) mass is 357 g/mol. The summed E-state index contributed by atoms with van der Waals surface area (Å²) >= 11 is 0. The van der Waals surface area contributed by atoms with Crippen LogP contribution in [0.2, 0.25) is 0 Å². The van der Waals surface area contributed by atoms with Crippen LogP contribution in [0.1, 0.15) is 84.0 Å². The average Bonchev–Trinajstić information content (AvgIpc) is 2.62. The summed E-state index contributed by atoms with van der Waals surface area (Å²) in [6.45, 7) is 1.83. The van der Waals surface area contributed by atoms with E-state index in [1.165, 1.54) is 19.3 Å². The molecule has 0 fully saturated rings. The van der Waals surface area contributed by atoms with Crippen molar-refractivity contribution in [3.63, 3.8) is 0 Å². The van der Waals surface area contributed by atoms with Crippen molar-refractivity contribution >= 4 is 5.78 Å². The summed E-state index contributed by atoms with van der Waals surface area (Å²) in [5.74, 6) is 0.407. The zero-order valence-electron chi connectivity index (χ0n) is 15.9. The van der Waals surface area contributed by atoms with E-state index in [1.807, 2.05) is 12.2 Å². The summed E-state index contributed by atoms with van der Waals surface area (Å²) in [5.41, 5.74) is 5.47. The predicted octanol–water partition coefficient (Wildman–Crippen LogP) is 2.85. The van der Waals surface area contributed by atoms with Gasteiger partial charge in [0, 0.05) is 12.8 Å².